The molecule has 3 aliphatic rings. The maximum absolute atomic E-state index is 12.6. The fourth-order valence-electron chi connectivity index (χ4n) is 4.33. The van der Waals surface area contributed by atoms with Crippen LogP contribution in [0.2, 0.25) is 0 Å². The summed E-state index contributed by atoms with van der Waals surface area (Å²) in [5.41, 5.74) is 0.812. The zero-order valence-corrected chi connectivity index (χ0v) is 15.2. The van der Waals surface area contributed by atoms with Gasteiger partial charge in [-0.25, -0.2) is 4.98 Å². The van der Waals surface area contributed by atoms with E-state index in [2.05, 4.69) is 21.8 Å². The van der Waals surface area contributed by atoms with Gasteiger partial charge in [0.05, 0.1) is 18.2 Å². The molecule has 2 amide bonds. The van der Waals surface area contributed by atoms with E-state index in [9.17, 15) is 9.59 Å². The molecule has 1 aromatic heterocycles. The smallest absolute Gasteiger partial charge is 0.226 e. The van der Waals surface area contributed by atoms with Crippen molar-refractivity contribution < 1.29 is 9.59 Å². The number of imidazole rings is 1. The molecule has 0 unspecified atom stereocenters. The molecule has 6 nitrogen and oxygen atoms in total. The third-order valence-electron chi connectivity index (χ3n) is 6.05. The molecule has 2 aliphatic carbocycles. The maximum atomic E-state index is 12.6. The van der Waals surface area contributed by atoms with E-state index in [0.29, 0.717) is 18.4 Å². The van der Waals surface area contributed by atoms with Gasteiger partial charge in [-0.1, -0.05) is 19.8 Å². The first-order valence-corrected chi connectivity index (χ1v) is 9.68. The minimum absolute atomic E-state index is 0.0132. The van der Waals surface area contributed by atoms with E-state index in [-0.39, 0.29) is 23.8 Å². The summed E-state index contributed by atoms with van der Waals surface area (Å²) in [7, 11) is 0. The number of nitrogens with one attached hydrogen (secondary N) is 1. The molecule has 1 aliphatic heterocycles. The normalized spacial score (nSPS) is 28.7. The van der Waals surface area contributed by atoms with Gasteiger partial charge in [0.15, 0.2) is 0 Å². The lowest BCUT2D eigenvalue weighted by Gasteiger charge is -2.34. The first kappa shape index (κ1) is 16.6. The maximum Gasteiger partial charge on any atom is 0.226 e. The van der Waals surface area contributed by atoms with Crippen LogP contribution < -0.4 is 5.32 Å². The summed E-state index contributed by atoms with van der Waals surface area (Å²) in [5, 5.41) is 3.12. The Morgan fingerprint density at radius 2 is 1.96 bits per heavy atom. The predicted molar refractivity (Wildman–Crippen MR) is 93.7 cm³/mol. The van der Waals surface area contributed by atoms with Gasteiger partial charge >= 0.3 is 0 Å². The topological polar surface area (TPSA) is 67.2 Å². The van der Waals surface area contributed by atoms with Crippen LogP contribution in [-0.4, -0.2) is 38.9 Å². The predicted octanol–water partition coefficient (Wildman–Crippen LogP) is 2.04. The first-order chi connectivity index (χ1) is 12.0. The Balaban J connectivity index is 1.41. The number of rotatable bonds is 4. The van der Waals surface area contributed by atoms with Crippen molar-refractivity contribution in [2.75, 3.05) is 6.54 Å². The summed E-state index contributed by atoms with van der Waals surface area (Å²) in [6, 6.07) is 0.331. The van der Waals surface area contributed by atoms with Crippen LogP contribution in [0.1, 0.15) is 63.5 Å². The zero-order chi connectivity index (χ0) is 17.6. The van der Waals surface area contributed by atoms with Crippen molar-refractivity contribution in [2.45, 2.75) is 71.0 Å². The van der Waals surface area contributed by atoms with Crippen molar-refractivity contribution in [2.24, 2.45) is 11.8 Å². The van der Waals surface area contributed by atoms with Crippen LogP contribution in [0.3, 0.4) is 0 Å². The van der Waals surface area contributed by atoms with E-state index in [0.717, 1.165) is 43.9 Å². The molecule has 3 atom stereocenters. The quantitative estimate of drug-likeness (QED) is 0.909. The molecule has 2 saturated carbocycles. The Morgan fingerprint density at radius 3 is 2.64 bits per heavy atom. The minimum atomic E-state index is -0.0132. The molecule has 136 valence electrons. The second kappa shape index (κ2) is 6.46. The first-order valence-electron chi connectivity index (χ1n) is 9.68. The van der Waals surface area contributed by atoms with Gasteiger partial charge in [0.25, 0.3) is 0 Å². The second-order valence-electron chi connectivity index (χ2n) is 8.04. The molecule has 2 fully saturated rings. The number of hydrogen-bond donors (Lipinski definition) is 1. The SMILES string of the molecule is C[C@@H]1C[C@H]1C(=O)N1CCn2cc(CC(=O)NC3CCCC3)nc2[C@@H]1C. The number of hydrogen-bond acceptors (Lipinski definition) is 3. The third-order valence-corrected chi connectivity index (χ3v) is 6.05. The molecule has 0 radical (unpaired) electrons. The number of aromatic nitrogens is 2. The highest BCUT2D eigenvalue weighted by Crippen LogP contribution is 2.41. The summed E-state index contributed by atoms with van der Waals surface area (Å²) in [4.78, 5) is 31.5. The number of carbonyl (C=O) groups is 2. The van der Waals surface area contributed by atoms with Gasteiger partial charge in [0.1, 0.15) is 5.82 Å². The molecule has 2 heterocycles. The van der Waals surface area contributed by atoms with E-state index < -0.39 is 0 Å². The Morgan fingerprint density at radius 1 is 1.24 bits per heavy atom. The van der Waals surface area contributed by atoms with E-state index in [1.165, 1.54) is 12.8 Å². The third kappa shape index (κ3) is 3.31. The molecule has 4 rings (SSSR count). The summed E-state index contributed by atoms with van der Waals surface area (Å²) < 4.78 is 2.11. The highest BCUT2D eigenvalue weighted by Gasteiger charge is 2.44. The summed E-state index contributed by atoms with van der Waals surface area (Å²) >= 11 is 0. The van der Waals surface area contributed by atoms with Crippen molar-refractivity contribution in [1.29, 1.82) is 0 Å². The average Bonchev–Trinajstić information content (AvgIpc) is 2.97. The van der Waals surface area contributed by atoms with Gasteiger partial charge in [-0.3, -0.25) is 9.59 Å². The van der Waals surface area contributed by atoms with Crippen LogP contribution in [0.15, 0.2) is 6.20 Å². The number of fused-ring (bicyclic) bond motifs is 1. The van der Waals surface area contributed by atoms with Gasteiger partial charge in [0, 0.05) is 31.2 Å². The lowest BCUT2D eigenvalue weighted by Crippen LogP contribution is -2.42. The molecular formula is C19H28N4O2. The van der Waals surface area contributed by atoms with Crippen LogP contribution in [0.5, 0.6) is 0 Å². The Bertz CT molecular complexity index is 677. The Labute approximate surface area is 149 Å². The van der Waals surface area contributed by atoms with Gasteiger partial charge in [-0.15, -0.1) is 0 Å². The van der Waals surface area contributed by atoms with Crippen molar-refractivity contribution in [1.82, 2.24) is 19.8 Å². The fourth-order valence-corrected chi connectivity index (χ4v) is 4.33. The Hall–Kier alpha value is -1.85. The number of amides is 2. The highest BCUT2D eigenvalue weighted by atomic mass is 16.2. The van der Waals surface area contributed by atoms with Crippen molar-refractivity contribution >= 4 is 11.8 Å². The summed E-state index contributed by atoms with van der Waals surface area (Å²) in [6.45, 7) is 5.69. The molecule has 1 aromatic rings. The second-order valence-corrected chi connectivity index (χ2v) is 8.04. The lowest BCUT2D eigenvalue weighted by molar-refractivity contribution is -0.136. The molecule has 0 bridgehead atoms. The van der Waals surface area contributed by atoms with Crippen molar-refractivity contribution in [3.8, 4) is 0 Å². The zero-order valence-electron chi connectivity index (χ0n) is 15.2. The summed E-state index contributed by atoms with van der Waals surface area (Å²) in [6.07, 6.45) is 7.95. The lowest BCUT2D eigenvalue weighted by atomic mass is 10.1. The number of carbonyl (C=O) groups excluding carboxylic acids is 2. The van der Waals surface area contributed by atoms with Crippen LogP contribution in [0, 0.1) is 11.8 Å². The monoisotopic (exact) mass is 344 g/mol. The minimum Gasteiger partial charge on any atom is -0.353 e. The number of nitrogens with zero attached hydrogens (tertiary/aromatic N) is 3. The van der Waals surface area contributed by atoms with Gasteiger partial charge in [-0.2, -0.15) is 0 Å². The molecule has 0 saturated heterocycles. The van der Waals surface area contributed by atoms with Crippen LogP contribution >= 0.6 is 0 Å². The van der Waals surface area contributed by atoms with E-state index in [1.807, 2.05) is 18.0 Å². The van der Waals surface area contributed by atoms with Crippen molar-refractivity contribution in [3.63, 3.8) is 0 Å². The molecule has 25 heavy (non-hydrogen) atoms. The molecule has 0 aromatic carbocycles. The van der Waals surface area contributed by atoms with Gasteiger partial charge < -0.3 is 14.8 Å². The average molecular weight is 344 g/mol. The molecule has 1 N–H and O–H groups in total. The largest absolute Gasteiger partial charge is 0.353 e. The summed E-state index contributed by atoms with van der Waals surface area (Å²) in [5.74, 6) is 1.98. The molecular weight excluding hydrogens is 316 g/mol. The van der Waals surface area contributed by atoms with E-state index >= 15 is 0 Å². The van der Waals surface area contributed by atoms with Gasteiger partial charge in [0.2, 0.25) is 11.8 Å². The molecule has 0 spiro atoms. The standard InChI is InChI=1S/C19H28N4O2/c1-12-9-16(12)19(25)23-8-7-22-11-15(21-18(22)13(23)2)10-17(24)20-14-5-3-4-6-14/h11-14,16H,3-10H2,1-2H3,(H,20,24)/t12-,13+,16-/m1/s1. The van der Waals surface area contributed by atoms with E-state index in [4.69, 9.17) is 0 Å². The van der Waals surface area contributed by atoms with E-state index in [1.54, 1.807) is 0 Å². The van der Waals surface area contributed by atoms with Crippen LogP contribution in [0.25, 0.3) is 0 Å². The van der Waals surface area contributed by atoms with Gasteiger partial charge in [-0.05, 0) is 32.1 Å². The van der Waals surface area contributed by atoms with Crippen LogP contribution in [0.4, 0.5) is 0 Å². The van der Waals surface area contributed by atoms with Crippen molar-refractivity contribution in [3.05, 3.63) is 17.7 Å². The molecule has 6 heteroatoms. The highest BCUT2D eigenvalue weighted by molar-refractivity contribution is 5.82. The fraction of sp³-hybridized carbons (Fsp3) is 0.737. The Kier molecular flexibility index (Phi) is 4.29. The van der Waals surface area contributed by atoms with Crippen LogP contribution in [-0.2, 0) is 22.6 Å².